The Morgan fingerprint density at radius 3 is 2.24 bits per heavy atom. The number of hydrogen-bond acceptors (Lipinski definition) is 2. The van der Waals surface area contributed by atoms with Gasteiger partial charge in [0.25, 0.3) is 0 Å². The maximum Gasteiger partial charge on any atom is 0.222 e. The molecule has 1 heterocycles. The summed E-state index contributed by atoms with van der Waals surface area (Å²) in [7, 11) is 0. The van der Waals surface area contributed by atoms with Gasteiger partial charge in [0.15, 0.2) is 0 Å². The second kappa shape index (κ2) is 11.3. The summed E-state index contributed by atoms with van der Waals surface area (Å²) in [6.45, 7) is 6.39. The lowest BCUT2D eigenvalue weighted by Crippen LogP contribution is -2.30. The van der Waals surface area contributed by atoms with Crippen molar-refractivity contribution in [2.45, 2.75) is 103 Å². The van der Waals surface area contributed by atoms with Gasteiger partial charge < -0.3 is 4.74 Å². The molecular formula is C33H43F2NO. The minimum absolute atomic E-state index is 0.0584. The number of halogens is 2. The number of hydrogen-bond donors (Lipinski definition) is 0. The van der Waals surface area contributed by atoms with Crippen LogP contribution in [0.1, 0.15) is 108 Å². The normalized spacial score (nSPS) is 26.9. The molecule has 37 heavy (non-hydrogen) atoms. The third kappa shape index (κ3) is 6.10. The van der Waals surface area contributed by atoms with Crippen molar-refractivity contribution < 1.29 is 13.5 Å². The number of nitrogens with zero attached hydrogens (tertiary/aromatic N) is 1. The standard InChI is InChI=1S/C33H43F2NO/c1-4-5-6-7-8-22-9-10-27-18-26(16-15-25(27)17-22)23-11-13-24(14-12-23)28-19-29(34)31(30(35)20-28)32-36-33(2,3)21-37-32/h11-14,19-20,22,25-27H,4-10,15-18,21H2,1-3H3. The van der Waals surface area contributed by atoms with E-state index in [0.717, 1.165) is 23.3 Å². The van der Waals surface area contributed by atoms with Crippen molar-refractivity contribution in [3.63, 3.8) is 0 Å². The Balaban J connectivity index is 1.21. The second-order valence-electron chi connectivity index (χ2n) is 12.5. The fourth-order valence-electron chi connectivity index (χ4n) is 7.02. The summed E-state index contributed by atoms with van der Waals surface area (Å²) in [5, 5.41) is 0. The number of ether oxygens (including phenoxy) is 1. The smallest absolute Gasteiger partial charge is 0.222 e. The van der Waals surface area contributed by atoms with Crippen LogP contribution in [0.15, 0.2) is 41.4 Å². The van der Waals surface area contributed by atoms with Crippen LogP contribution in [0.4, 0.5) is 8.78 Å². The van der Waals surface area contributed by atoms with E-state index in [1.165, 1.54) is 88.3 Å². The van der Waals surface area contributed by atoms with E-state index in [4.69, 9.17) is 4.74 Å². The molecule has 2 nitrogen and oxygen atoms in total. The molecular weight excluding hydrogens is 464 g/mol. The topological polar surface area (TPSA) is 21.6 Å². The first-order valence-corrected chi connectivity index (χ1v) is 14.7. The van der Waals surface area contributed by atoms with Crippen LogP contribution in [0.25, 0.3) is 11.1 Å². The Morgan fingerprint density at radius 1 is 0.865 bits per heavy atom. The molecule has 2 aromatic carbocycles. The monoisotopic (exact) mass is 507 g/mol. The van der Waals surface area contributed by atoms with Gasteiger partial charge in [-0.25, -0.2) is 13.8 Å². The summed E-state index contributed by atoms with van der Waals surface area (Å²) in [6, 6.07) is 11.2. The summed E-state index contributed by atoms with van der Waals surface area (Å²) in [6.07, 6.45) is 15.1. The van der Waals surface area contributed by atoms with Crippen LogP contribution >= 0.6 is 0 Å². The molecule has 0 spiro atoms. The van der Waals surface area contributed by atoms with Gasteiger partial charge in [-0.2, -0.15) is 0 Å². The Kier molecular flexibility index (Phi) is 8.02. The highest BCUT2D eigenvalue weighted by atomic mass is 19.1. The summed E-state index contributed by atoms with van der Waals surface area (Å²) < 4.78 is 35.4. The van der Waals surface area contributed by atoms with Gasteiger partial charge in [-0.05, 0) is 98.4 Å². The fraction of sp³-hybridized carbons (Fsp3) is 0.606. The molecule has 4 unspecified atom stereocenters. The number of benzene rings is 2. The summed E-state index contributed by atoms with van der Waals surface area (Å²) in [5.41, 5.74) is 2.12. The SMILES string of the molecule is CCCCCCC1CCC2CC(c3ccc(-c4cc(F)c(C5=NC(C)(C)CO5)c(F)c4)cc3)CCC2C1. The van der Waals surface area contributed by atoms with Crippen molar-refractivity contribution in [3.8, 4) is 11.1 Å². The van der Waals surface area contributed by atoms with Gasteiger partial charge in [0.05, 0.1) is 5.54 Å². The van der Waals surface area contributed by atoms with Crippen LogP contribution in [0.3, 0.4) is 0 Å². The first-order valence-electron chi connectivity index (χ1n) is 14.7. The molecule has 2 fully saturated rings. The Bertz CT molecular complexity index is 1080. The predicted molar refractivity (Wildman–Crippen MR) is 148 cm³/mol. The lowest BCUT2D eigenvalue weighted by atomic mass is 9.63. The zero-order valence-corrected chi connectivity index (χ0v) is 22.9. The van der Waals surface area contributed by atoms with Gasteiger partial charge in [-0.15, -0.1) is 0 Å². The van der Waals surface area contributed by atoms with Crippen LogP contribution in [0.2, 0.25) is 0 Å². The number of unbranched alkanes of at least 4 members (excludes halogenated alkanes) is 3. The Morgan fingerprint density at radius 2 is 1.57 bits per heavy atom. The largest absolute Gasteiger partial charge is 0.475 e. The van der Waals surface area contributed by atoms with Crippen LogP contribution in [0.5, 0.6) is 0 Å². The van der Waals surface area contributed by atoms with E-state index in [-0.39, 0.29) is 11.5 Å². The number of fused-ring (bicyclic) bond motifs is 1. The van der Waals surface area contributed by atoms with Gasteiger partial charge in [0.1, 0.15) is 23.8 Å². The zero-order valence-electron chi connectivity index (χ0n) is 22.9. The summed E-state index contributed by atoms with van der Waals surface area (Å²) in [5.74, 6) is 2.15. The average Bonchev–Trinajstić information content (AvgIpc) is 3.24. The first kappa shape index (κ1) is 26.4. The van der Waals surface area contributed by atoms with E-state index >= 15 is 0 Å². The van der Waals surface area contributed by atoms with Gasteiger partial charge in [0, 0.05) is 0 Å². The molecule has 1 aliphatic heterocycles. The minimum Gasteiger partial charge on any atom is -0.475 e. The zero-order chi connectivity index (χ0) is 26.0. The quantitative estimate of drug-likeness (QED) is 0.326. The van der Waals surface area contributed by atoms with E-state index in [1.807, 2.05) is 26.0 Å². The van der Waals surface area contributed by atoms with E-state index in [1.54, 1.807) is 0 Å². The van der Waals surface area contributed by atoms with Crippen LogP contribution < -0.4 is 0 Å². The molecule has 0 radical (unpaired) electrons. The van der Waals surface area contributed by atoms with Crippen molar-refractivity contribution in [1.29, 1.82) is 0 Å². The Hall–Kier alpha value is -2.23. The molecule has 0 N–H and O–H groups in total. The molecule has 0 saturated heterocycles. The molecule has 5 rings (SSSR count). The Labute approximate surface area is 221 Å². The molecule has 4 heteroatoms. The number of aliphatic imine (C=N–C) groups is 1. The van der Waals surface area contributed by atoms with E-state index in [9.17, 15) is 8.78 Å². The maximum atomic E-state index is 15.0. The van der Waals surface area contributed by atoms with Crippen molar-refractivity contribution in [3.05, 3.63) is 59.2 Å². The van der Waals surface area contributed by atoms with Crippen LogP contribution in [0, 0.1) is 29.4 Å². The third-order valence-corrected chi connectivity index (χ3v) is 9.13. The molecule has 0 aromatic heterocycles. The molecule has 0 bridgehead atoms. The molecule has 2 saturated carbocycles. The number of rotatable bonds is 8. The highest BCUT2D eigenvalue weighted by Crippen LogP contribution is 2.48. The molecule has 2 aliphatic carbocycles. The average molecular weight is 508 g/mol. The van der Waals surface area contributed by atoms with Gasteiger partial charge in [-0.1, -0.05) is 69.7 Å². The molecule has 0 amide bonds. The molecule has 2 aromatic rings. The second-order valence-corrected chi connectivity index (χ2v) is 12.5. The minimum atomic E-state index is -0.630. The molecule has 200 valence electrons. The molecule has 3 aliphatic rings. The summed E-state index contributed by atoms with van der Waals surface area (Å²) in [4.78, 5) is 4.35. The van der Waals surface area contributed by atoms with Crippen LogP contribution in [-0.2, 0) is 4.74 Å². The lowest BCUT2D eigenvalue weighted by molar-refractivity contribution is 0.113. The van der Waals surface area contributed by atoms with Crippen molar-refractivity contribution in [1.82, 2.24) is 0 Å². The van der Waals surface area contributed by atoms with Gasteiger partial charge in [0.2, 0.25) is 5.90 Å². The van der Waals surface area contributed by atoms with Gasteiger partial charge in [-0.3, -0.25) is 0 Å². The van der Waals surface area contributed by atoms with Crippen LogP contribution in [-0.4, -0.2) is 18.0 Å². The first-order chi connectivity index (χ1) is 17.8. The van der Waals surface area contributed by atoms with E-state index in [2.05, 4.69) is 24.0 Å². The summed E-state index contributed by atoms with van der Waals surface area (Å²) >= 11 is 0. The molecule has 4 atom stereocenters. The van der Waals surface area contributed by atoms with Crippen molar-refractivity contribution in [2.24, 2.45) is 22.7 Å². The van der Waals surface area contributed by atoms with E-state index in [0.29, 0.717) is 18.1 Å². The fourth-order valence-corrected chi connectivity index (χ4v) is 7.02. The maximum absolute atomic E-state index is 15.0. The highest BCUT2D eigenvalue weighted by Gasteiger charge is 2.36. The van der Waals surface area contributed by atoms with E-state index < -0.39 is 17.2 Å². The van der Waals surface area contributed by atoms with Crippen molar-refractivity contribution in [2.75, 3.05) is 6.61 Å². The van der Waals surface area contributed by atoms with Gasteiger partial charge >= 0.3 is 0 Å². The third-order valence-electron chi connectivity index (χ3n) is 9.13. The predicted octanol–water partition coefficient (Wildman–Crippen LogP) is 9.46. The lowest BCUT2D eigenvalue weighted by Gasteiger charge is -2.42. The van der Waals surface area contributed by atoms with Crippen molar-refractivity contribution >= 4 is 5.90 Å². The highest BCUT2D eigenvalue weighted by molar-refractivity contribution is 5.96.